The molecule has 1 aromatic heterocycles. The van der Waals surface area contributed by atoms with Gasteiger partial charge in [-0.15, -0.1) is 12.1 Å². The maximum absolute atomic E-state index is 8.86. The number of nitrogens with two attached hydrogens (primary N) is 1. The van der Waals surface area contributed by atoms with Crippen LogP contribution in [0, 0.1) is 11.3 Å². The van der Waals surface area contributed by atoms with Crippen molar-refractivity contribution in [3.63, 3.8) is 0 Å². The molecule has 0 spiro atoms. The second-order valence-electron chi connectivity index (χ2n) is 3.64. The van der Waals surface area contributed by atoms with E-state index in [1.807, 2.05) is 60.0 Å². The largest absolute Gasteiger partial charge is 2.00 e. The van der Waals surface area contributed by atoms with E-state index in [2.05, 4.69) is 6.07 Å². The van der Waals surface area contributed by atoms with Gasteiger partial charge in [0.15, 0.2) is 0 Å². The molecule has 2 nitrogen and oxygen atoms in total. The Bertz CT molecular complexity index is 598. The number of nitrogens with zero attached hydrogens (tertiary/aromatic N) is 1. The van der Waals surface area contributed by atoms with Gasteiger partial charge in [0.05, 0.1) is 11.1 Å². The summed E-state index contributed by atoms with van der Waals surface area (Å²) in [7, 11) is 0. The van der Waals surface area contributed by atoms with Crippen LogP contribution >= 0.6 is 11.3 Å². The van der Waals surface area contributed by atoms with E-state index in [4.69, 9.17) is 11.0 Å². The van der Waals surface area contributed by atoms with E-state index in [1.54, 1.807) is 0 Å². The molecule has 0 amide bonds. The minimum absolute atomic E-state index is 0. The molecule has 0 aliphatic carbocycles. The minimum Gasteiger partial charge on any atom is -0.396 e. The zero-order valence-corrected chi connectivity index (χ0v) is 12.0. The van der Waals surface area contributed by atoms with Gasteiger partial charge in [-0.25, -0.2) is 17.4 Å². The third kappa shape index (κ3) is 3.84. The normalized spacial score (nSPS) is 8.79. The fourth-order valence-electron chi connectivity index (χ4n) is 1.58. The topological polar surface area (TPSA) is 49.8 Å². The molecule has 0 fully saturated rings. The third-order valence-electron chi connectivity index (χ3n) is 2.46. The summed E-state index contributed by atoms with van der Waals surface area (Å²) in [5.74, 6) is 0. The monoisotopic (exact) mass is 308 g/mol. The van der Waals surface area contributed by atoms with Gasteiger partial charge in [-0.05, 0) is 0 Å². The Balaban J connectivity index is 0.000000256. The molecule has 2 N–H and O–H groups in total. The first-order chi connectivity index (χ1) is 8.83. The van der Waals surface area contributed by atoms with E-state index in [0.717, 1.165) is 11.1 Å². The van der Waals surface area contributed by atoms with Gasteiger partial charge < -0.3 is 5.73 Å². The zero-order valence-electron chi connectivity index (χ0n) is 10.1. The molecule has 4 heteroatoms. The van der Waals surface area contributed by atoms with Gasteiger partial charge in [-0.3, -0.25) is 0 Å². The van der Waals surface area contributed by atoms with Crippen molar-refractivity contribution < 1.29 is 17.1 Å². The summed E-state index contributed by atoms with van der Waals surface area (Å²) < 4.78 is 0. The number of thiophene rings is 1. The molecule has 0 saturated carbocycles. The molecule has 0 saturated heterocycles. The molecule has 19 heavy (non-hydrogen) atoms. The molecule has 2 aromatic carbocycles. The van der Waals surface area contributed by atoms with Crippen molar-refractivity contribution in [1.82, 2.24) is 0 Å². The summed E-state index contributed by atoms with van der Waals surface area (Å²) in [5, 5.41) is 11.4. The Hall–Kier alpha value is -1.79. The summed E-state index contributed by atoms with van der Waals surface area (Å²) in [6.07, 6.45) is 0. The predicted octanol–water partition coefficient (Wildman–Crippen LogP) is 3.99. The maximum Gasteiger partial charge on any atom is 2.00 e. The molecule has 0 bridgehead atoms. The first-order valence-corrected chi connectivity index (χ1v) is 6.36. The average Bonchev–Trinajstić information content (AvgIpc) is 3.13. The van der Waals surface area contributed by atoms with Crippen LogP contribution in [0.3, 0.4) is 0 Å². The van der Waals surface area contributed by atoms with E-state index in [9.17, 15) is 0 Å². The van der Waals surface area contributed by atoms with Crippen LogP contribution in [0.15, 0.2) is 60.0 Å². The predicted molar refractivity (Wildman–Crippen MR) is 76.5 cm³/mol. The third-order valence-corrected chi connectivity index (χ3v) is 3.27. The molecule has 0 unspecified atom stereocenters. The number of anilines is 1. The number of hydrogen-bond acceptors (Lipinski definition) is 3. The van der Waals surface area contributed by atoms with E-state index in [0.29, 0.717) is 10.6 Å². The van der Waals surface area contributed by atoms with Crippen LogP contribution in [0.4, 0.5) is 5.00 Å². The average molecular weight is 308 g/mol. The Morgan fingerprint density at radius 1 is 1.16 bits per heavy atom. The van der Waals surface area contributed by atoms with E-state index in [-0.39, 0.29) is 17.1 Å². The van der Waals surface area contributed by atoms with Crippen LogP contribution in [0.2, 0.25) is 0 Å². The van der Waals surface area contributed by atoms with Crippen molar-refractivity contribution in [3.8, 4) is 17.2 Å². The molecule has 0 atom stereocenters. The van der Waals surface area contributed by atoms with Gasteiger partial charge in [0, 0.05) is 5.56 Å². The standard InChI is InChI=1S/C10H7N2S.C5H5.Fe/c11-5-8-9(6-13-10(8)12)7-3-1-2-4-7;1-2-4-5-3-1;/h1-4,6H,12H2;1-5H;/q2*-1;+2. The molecular weight excluding hydrogens is 296 g/mol. The van der Waals surface area contributed by atoms with Crippen LogP contribution in [0.25, 0.3) is 11.1 Å². The summed E-state index contributed by atoms with van der Waals surface area (Å²) in [4.78, 5) is 0. The van der Waals surface area contributed by atoms with Gasteiger partial charge in [0.2, 0.25) is 0 Å². The van der Waals surface area contributed by atoms with E-state index >= 15 is 0 Å². The summed E-state index contributed by atoms with van der Waals surface area (Å²) in [5.41, 5.74) is 8.25. The van der Waals surface area contributed by atoms with Crippen LogP contribution < -0.4 is 5.73 Å². The SMILES string of the molecule is N#Cc1c(-[c-]2cccc2)csc1N.[Fe+2].c1cc[cH-]c1. The van der Waals surface area contributed by atoms with Crippen molar-refractivity contribution in [2.75, 3.05) is 5.73 Å². The van der Waals surface area contributed by atoms with Crippen molar-refractivity contribution >= 4 is 16.3 Å². The van der Waals surface area contributed by atoms with Gasteiger partial charge >= 0.3 is 17.1 Å². The van der Waals surface area contributed by atoms with Crippen LogP contribution in [0.5, 0.6) is 0 Å². The molecule has 3 aromatic rings. The summed E-state index contributed by atoms with van der Waals surface area (Å²) in [6, 6.07) is 20.0. The molecule has 0 aliphatic rings. The maximum atomic E-state index is 8.86. The van der Waals surface area contributed by atoms with Crippen molar-refractivity contribution in [1.29, 1.82) is 5.26 Å². The minimum atomic E-state index is 0. The molecular formula is C15H12FeN2S. The molecule has 0 radical (unpaired) electrons. The summed E-state index contributed by atoms with van der Waals surface area (Å²) in [6.45, 7) is 0. The summed E-state index contributed by atoms with van der Waals surface area (Å²) >= 11 is 1.41. The Morgan fingerprint density at radius 2 is 1.79 bits per heavy atom. The number of rotatable bonds is 1. The Kier molecular flexibility index (Phi) is 6.11. The van der Waals surface area contributed by atoms with Gasteiger partial charge in [-0.1, -0.05) is 16.5 Å². The zero-order chi connectivity index (χ0) is 12.8. The van der Waals surface area contributed by atoms with Gasteiger partial charge in [0.1, 0.15) is 0 Å². The number of nitriles is 1. The van der Waals surface area contributed by atoms with Crippen molar-refractivity contribution in [3.05, 3.63) is 65.5 Å². The van der Waals surface area contributed by atoms with E-state index < -0.39 is 0 Å². The van der Waals surface area contributed by atoms with Gasteiger partial charge in [-0.2, -0.15) is 41.7 Å². The fraction of sp³-hybridized carbons (Fsp3) is 0. The number of nitrogen functional groups attached to an aromatic ring is 1. The Morgan fingerprint density at radius 3 is 2.26 bits per heavy atom. The van der Waals surface area contributed by atoms with Crippen LogP contribution in [-0.4, -0.2) is 0 Å². The van der Waals surface area contributed by atoms with Crippen molar-refractivity contribution in [2.45, 2.75) is 0 Å². The molecule has 96 valence electrons. The fourth-order valence-corrected chi connectivity index (χ4v) is 2.35. The van der Waals surface area contributed by atoms with Crippen LogP contribution in [0.1, 0.15) is 5.56 Å². The Labute approximate surface area is 127 Å². The molecule has 1 heterocycles. The van der Waals surface area contributed by atoms with E-state index in [1.165, 1.54) is 11.3 Å². The molecule has 3 rings (SSSR count). The number of hydrogen-bond donors (Lipinski definition) is 1. The first kappa shape index (κ1) is 15.3. The second-order valence-corrected chi connectivity index (χ2v) is 4.55. The smallest absolute Gasteiger partial charge is 0.396 e. The molecule has 0 aliphatic heterocycles. The van der Waals surface area contributed by atoms with Gasteiger partial charge in [0.25, 0.3) is 0 Å². The quantitative estimate of drug-likeness (QED) is 0.546. The van der Waals surface area contributed by atoms with Crippen LogP contribution in [-0.2, 0) is 17.1 Å². The second kappa shape index (κ2) is 7.60. The first-order valence-electron chi connectivity index (χ1n) is 5.48. The van der Waals surface area contributed by atoms with Crippen molar-refractivity contribution in [2.24, 2.45) is 0 Å².